The molecule has 0 bridgehead atoms. The van der Waals surface area contributed by atoms with Crippen LogP contribution in [0.25, 0.3) is 0 Å². The molecule has 94 valence electrons. The van der Waals surface area contributed by atoms with Crippen LogP contribution in [0.1, 0.15) is 43.8 Å². The molecule has 1 saturated carbocycles. The number of likely N-dealkylation sites (N-methyl/N-ethyl adjacent to an activating group) is 1. The average molecular weight is 236 g/mol. The van der Waals surface area contributed by atoms with Gasteiger partial charge in [-0.05, 0) is 32.4 Å². The summed E-state index contributed by atoms with van der Waals surface area (Å²) in [6.45, 7) is 6.26. The van der Waals surface area contributed by atoms with Crippen LogP contribution in [0, 0.1) is 0 Å². The third kappa shape index (κ3) is 2.50. The Morgan fingerprint density at radius 3 is 2.94 bits per heavy atom. The molecule has 1 N–H and O–H groups in total. The maximum absolute atomic E-state index is 5.29. The van der Waals surface area contributed by atoms with Crippen LogP contribution in [-0.2, 0) is 6.54 Å². The maximum atomic E-state index is 5.29. The number of nitrogens with one attached hydrogen (secondary N) is 1. The zero-order valence-corrected chi connectivity index (χ0v) is 10.4. The summed E-state index contributed by atoms with van der Waals surface area (Å²) in [7, 11) is 0. The minimum Gasteiger partial charge on any atom is -0.339 e. The molecular weight excluding hydrogens is 216 g/mol. The smallest absolute Gasteiger partial charge is 0.229 e. The molecule has 1 aromatic heterocycles. The fourth-order valence-electron chi connectivity index (χ4n) is 2.46. The van der Waals surface area contributed by atoms with Gasteiger partial charge in [-0.25, -0.2) is 0 Å². The quantitative estimate of drug-likeness (QED) is 0.830. The second-order valence-electron chi connectivity index (χ2n) is 5.03. The Kier molecular flexibility index (Phi) is 3.11. The Hall–Kier alpha value is -0.940. The van der Waals surface area contributed by atoms with E-state index in [1.807, 2.05) is 0 Å². The van der Waals surface area contributed by atoms with Gasteiger partial charge in [0.25, 0.3) is 0 Å². The Balaban J connectivity index is 1.62. The molecule has 0 radical (unpaired) electrons. The molecule has 1 aliphatic heterocycles. The fraction of sp³-hybridized carbons (Fsp3) is 0.833. The van der Waals surface area contributed by atoms with Crippen LogP contribution in [0.4, 0.5) is 0 Å². The SMILES string of the molecule is CCN(Cc1noc(C2CC2)n1)C1CCNC1. The highest BCUT2D eigenvalue weighted by Crippen LogP contribution is 2.38. The topological polar surface area (TPSA) is 54.2 Å². The molecule has 2 aliphatic rings. The zero-order valence-electron chi connectivity index (χ0n) is 10.4. The van der Waals surface area contributed by atoms with Crippen molar-refractivity contribution in [3.8, 4) is 0 Å². The molecule has 1 aliphatic carbocycles. The summed E-state index contributed by atoms with van der Waals surface area (Å²) in [5, 5.41) is 7.49. The van der Waals surface area contributed by atoms with E-state index in [2.05, 4.69) is 27.3 Å². The molecule has 0 spiro atoms. The molecule has 2 heterocycles. The third-order valence-electron chi connectivity index (χ3n) is 3.71. The Morgan fingerprint density at radius 2 is 2.29 bits per heavy atom. The molecule has 0 amide bonds. The van der Waals surface area contributed by atoms with E-state index in [0.717, 1.165) is 37.9 Å². The summed E-state index contributed by atoms with van der Waals surface area (Å²) in [6, 6.07) is 0.628. The standard InChI is InChI=1S/C12H20N4O/c1-2-16(10-5-6-13-7-10)8-11-14-12(17-15-11)9-3-4-9/h9-10,13H,2-8H2,1H3. The average Bonchev–Trinajstić information content (AvgIpc) is 2.89. The van der Waals surface area contributed by atoms with Gasteiger partial charge in [-0.2, -0.15) is 4.98 Å². The lowest BCUT2D eigenvalue weighted by Crippen LogP contribution is -2.36. The minimum atomic E-state index is 0.555. The van der Waals surface area contributed by atoms with Gasteiger partial charge < -0.3 is 9.84 Å². The molecule has 1 aromatic rings. The fourth-order valence-corrected chi connectivity index (χ4v) is 2.46. The van der Waals surface area contributed by atoms with E-state index in [1.54, 1.807) is 0 Å². The van der Waals surface area contributed by atoms with E-state index in [-0.39, 0.29) is 0 Å². The van der Waals surface area contributed by atoms with E-state index < -0.39 is 0 Å². The van der Waals surface area contributed by atoms with Crippen molar-refractivity contribution in [2.45, 2.75) is 44.7 Å². The van der Waals surface area contributed by atoms with E-state index in [4.69, 9.17) is 4.52 Å². The van der Waals surface area contributed by atoms with Crippen LogP contribution in [-0.4, -0.2) is 40.7 Å². The highest BCUT2D eigenvalue weighted by molar-refractivity contribution is 5.01. The summed E-state index contributed by atoms with van der Waals surface area (Å²) < 4.78 is 5.29. The van der Waals surface area contributed by atoms with Crippen molar-refractivity contribution >= 4 is 0 Å². The highest BCUT2D eigenvalue weighted by atomic mass is 16.5. The Labute approximate surface area is 102 Å². The van der Waals surface area contributed by atoms with Crippen LogP contribution >= 0.6 is 0 Å². The van der Waals surface area contributed by atoms with Crippen LogP contribution in [0.15, 0.2) is 4.52 Å². The van der Waals surface area contributed by atoms with Gasteiger partial charge in [-0.15, -0.1) is 0 Å². The normalized spacial score (nSPS) is 24.7. The molecule has 5 heteroatoms. The Bertz CT molecular complexity index is 368. The van der Waals surface area contributed by atoms with Crippen molar-refractivity contribution in [1.82, 2.24) is 20.4 Å². The van der Waals surface area contributed by atoms with E-state index in [1.165, 1.54) is 19.3 Å². The monoisotopic (exact) mass is 236 g/mol. The molecule has 17 heavy (non-hydrogen) atoms. The summed E-state index contributed by atoms with van der Waals surface area (Å²) in [6.07, 6.45) is 3.65. The predicted octanol–water partition coefficient (Wildman–Crippen LogP) is 1.13. The van der Waals surface area contributed by atoms with Crippen LogP contribution in [0.2, 0.25) is 0 Å². The van der Waals surface area contributed by atoms with Gasteiger partial charge in [0, 0.05) is 18.5 Å². The first kappa shape index (κ1) is 11.2. The van der Waals surface area contributed by atoms with Gasteiger partial charge >= 0.3 is 0 Å². The van der Waals surface area contributed by atoms with Crippen LogP contribution < -0.4 is 5.32 Å². The molecule has 1 unspecified atom stereocenters. The van der Waals surface area contributed by atoms with Gasteiger partial charge in [0.05, 0.1) is 6.54 Å². The van der Waals surface area contributed by atoms with Gasteiger partial charge in [0.2, 0.25) is 5.89 Å². The number of nitrogens with zero attached hydrogens (tertiary/aromatic N) is 3. The zero-order chi connectivity index (χ0) is 11.7. The number of hydrogen-bond donors (Lipinski definition) is 1. The van der Waals surface area contributed by atoms with Crippen LogP contribution in [0.5, 0.6) is 0 Å². The van der Waals surface area contributed by atoms with Crippen molar-refractivity contribution < 1.29 is 4.52 Å². The molecule has 1 saturated heterocycles. The van der Waals surface area contributed by atoms with E-state index >= 15 is 0 Å². The van der Waals surface area contributed by atoms with Gasteiger partial charge in [0.1, 0.15) is 0 Å². The summed E-state index contributed by atoms with van der Waals surface area (Å²) in [5.74, 6) is 2.25. The van der Waals surface area contributed by atoms with Crippen molar-refractivity contribution in [2.75, 3.05) is 19.6 Å². The van der Waals surface area contributed by atoms with Crippen LogP contribution in [0.3, 0.4) is 0 Å². The first-order chi connectivity index (χ1) is 8.36. The first-order valence-electron chi connectivity index (χ1n) is 6.64. The third-order valence-corrected chi connectivity index (χ3v) is 3.71. The van der Waals surface area contributed by atoms with Gasteiger partial charge in [-0.3, -0.25) is 4.90 Å². The first-order valence-corrected chi connectivity index (χ1v) is 6.64. The van der Waals surface area contributed by atoms with Crippen molar-refractivity contribution in [3.63, 3.8) is 0 Å². The lowest BCUT2D eigenvalue weighted by molar-refractivity contribution is 0.202. The van der Waals surface area contributed by atoms with Crippen molar-refractivity contribution in [3.05, 3.63) is 11.7 Å². The highest BCUT2D eigenvalue weighted by Gasteiger charge is 2.30. The summed E-state index contributed by atoms with van der Waals surface area (Å²) in [5.41, 5.74) is 0. The summed E-state index contributed by atoms with van der Waals surface area (Å²) in [4.78, 5) is 6.92. The van der Waals surface area contributed by atoms with E-state index in [0.29, 0.717) is 12.0 Å². The molecule has 0 aromatic carbocycles. The van der Waals surface area contributed by atoms with Crippen molar-refractivity contribution in [1.29, 1.82) is 0 Å². The second-order valence-corrected chi connectivity index (χ2v) is 5.03. The Morgan fingerprint density at radius 1 is 1.41 bits per heavy atom. The molecular formula is C12H20N4O. The lowest BCUT2D eigenvalue weighted by Gasteiger charge is -2.25. The minimum absolute atomic E-state index is 0.555. The summed E-state index contributed by atoms with van der Waals surface area (Å²) >= 11 is 0. The molecule has 1 atom stereocenters. The maximum Gasteiger partial charge on any atom is 0.229 e. The van der Waals surface area contributed by atoms with Gasteiger partial charge in [-0.1, -0.05) is 12.1 Å². The molecule has 5 nitrogen and oxygen atoms in total. The molecule has 2 fully saturated rings. The number of rotatable bonds is 5. The van der Waals surface area contributed by atoms with E-state index in [9.17, 15) is 0 Å². The number of aromatic nitrogens is 2. The number of hydrogen-bond acceptors (Lipinski definition) is 5. The van der Waals surface area contributed by atoms with Gasteiger partial charge in [0.15, 0.2) is 5.82 Å². The lowest BCUT2D eigenvalue weighted by atomic mass is 10.2. The van der Waals surface area contributed by atoms with Crippen molar-refractivity contribution in [2.24, 2.45) is 0 Å². The second kappa shape index (κ2) is 4.74. The largest absolute Gasteiger partial charge is 0.339 e. The predicted molar refractivity (Wildman–Crippen MR) is 63.6 cm³/mol. The molecule has 3 rings (SSSR count).